The maximum atomic E-state index is 12.6. The molecule has 8 heteroatoms. The van der Waals surface area contributed by atoms with E-state index in [1.54, 1.807) is 36.4 Å². The summed E-state index contributed by atoms with van der Waals surface area (Å²) in [4.78, 5) is 26.4. The van der Waals surface area contributed by atoms with Gasteiger partial charge in [-0.05, 0) is 85.6 Å². The van der Waals surface area contributed by atoms with Crippen molar-refractivity contribution in [1.82, 2.24) is 0 Å². The van der Waals surface area contributed by atoms with Gasteiger partial charge in [-0.1, -0.05) is 0 Å². The average molecular weight is 438 g/mol. The summed E-state index contributed by atoms with van der Waals surface area (Å²) >= 11 is 2.92. The van der Waals surface area contributed by atoms with E-state index in [0.29, 0.717) is 16.9 Å². The van der Waals surface area contributed by atoms with Crippen LogP contribution in [-0.2, 0) is 4.79 Å². The highest BCUT2D eigenvalue weighted by Crippen LogP contribution is 2.36. The minimum Gasteiger partial charge on any atom is -0.508 e. The molecule has 0 bridgehead atoms. The van der Waals surface area contributed by atoms with Gasteiger partial charge in [-0.15, -0.1) is 11.8 Å². The molecule has 30 heavy (non-hydrogen) atoms. The molecule has 0 fully saturated rings. The molecule has 1 heterocycles. The monoisotopic (exact) mass is 437 g/mol. The fourth-order valence-electron chi connectivity index (χ4n) is 2.81. The molecule has 152 valence electrons. The molecule has 4 N–H and O–H groups in total. The van der Waals surface area contributed by atoms with Crippen molar-refractivity contribution in [1.29, 1.82) is 0 Å². The number of thioether (sulfide) groups is 1. The Kier molecular flexibility index (Phi) is 5.87. The third kappa shape index (κ3) is 4.72. The van der Waals surface area contributed by atoms with Crippen molar-refractivity contribution in [3.8, 4) is 5.75 Å². The lowest BCUT2D eigenvalue weighted by Crippen LogP contribution is -2.26. The van der Waals surface area contributed by atoms with Crippen LogP contribution in [0.4, 0.5) is 17.1 Å². The second-order valence-electron chi connectivity index (χ2n) is 6.69. The molecule has 0 aromatic heterocycles. The largest absolute Gasteiger partial charge is 0.508 e. The van der Waals surface area contributed by atoms with E-state index < -0.39 is 0 Å². The van der Waals surface area contributed by atoms with E-state index in [9.17, 15) is 14.7 Å². The van der Waals surface area contributed by atoms with Gasteiger partial charge in [0.1, 0.15) is 5.75 Å². The van der Waals surface area contributed by atoms with Crippen molar-refractivity contribution < 1.29 is 14.7 Å². The summed E-state index contributed by atoms with van der Waals surface area (Å²) < 4.78 is 3.19. The van der Waals surface area contributed by atoms with Crippen molar-refractivity contribution in [2.24, 2.45) is 0 Å². The van der Waals surface area contributed by atoms with Crippen LogP contribution in [0.2, 0.25) is 0 Å². The molecule has 2 amide bonds. The molecule has 3 aromatic carbocycles. The summed E-state index contributed by atoms with van der Waals surface area (Å²) in [5.41, 5.74) is 2.71. The number of benzene rings is 3. The first-order chi connectivity index (χ1) is 14.5. The standard InChI is InChI=1S/C22H19N3O3S2/c1-13-21(27)24-19-12-14(2-11-20(19)29-13)22(28)23-15-5-9-18(10-6-15)30-25-16-3-7-17(26)8-4-16/h2-13,25-26H,1H3,(H,23,28)(H,24,27). The Morgan fingerprint density at radius 3 is 2.47 bits per heavy atom. The number of hydrogen-bond donors (Lipinski definition) is 4. The number of rotatable bonds is 5. The van der Waals surface area contributed by atoms with Gasteiger partial charge in [0.2, 0.25) is 5.91 Å². The summed E-state index contributed by atoms with van der Waals surface area (Å²) in [5, 5.41) is 14.9. The Balaban J connectivity index is 1.37. The predicted octanol–water partition coefficient (Wildman–Crippen LogP) is 5.20. The fraction of sp³-hybridized carbons (Fsp3) is 0.0909. The van der Waals surface area contributed by atoms with Crippen LogP contribution in [0.5, 0.6) is 5.75 Å². The lowest BCUT2D eigenvalue weighted by atomic mass is 10.1. The number of phenols is 1. The molecule has 0 aliphatic carbocycles. The first-order valence-corrected chi connectivity index (χ1v) is 10.9. The van der Waals surface area contributed by atoms with Gasteiger partial charge in [0, 0.05) is 26.7 Å². The van der Waals surface area contributed by atoms with Crippen LogP contribution in [0.1, 0.15) is 17.3 Å². The van der Waals surface area contributed by atoms with E-state index in [4.69, 9.17) is 0 Å². The number of carbonyl (C=O) groups is 2. The lowest BCUT2D eigenvalue weighted by molar-refractivity contribution is -0.115. The van der Waals surface area contributed by atoms with E-state index in [2.05, 4.69) is 15.4 Å². The minimum absolute atomic E-state index is 0.0564. The van der Waals surface area contributed by atoms with Crippen molar-refractivity contribution in [3.05, 3.63) is 72.3 Å². The van der Waals surface area contributed by atoms with E-state index in [1.807, 2.05) is 37.3 Å². The number of phenolic OH excluding ortho intramolecular Hbond substituents is 1. The van der Waals surface area contributed by atoms with Gasteiger partial charge in [0.05, 0.1) is 10.9 Å². The molecular formula is C22H19N3O3S2. The zero-order valence-corrected chi connectivity index (χ0v) is 17.6. The molecule has 4 rings (SSSR count). The van der Waals surface area contributed by atoms with Crippen molar-refractivity contribution in [2.75, 3.05) is 15.4 Å². The average Bonchev–Trinajstić information content (AvgIpc) is 2.75. The summed E-state index contributed by atoms with van der Waals surface area (Å²) in [6.07, 6.45) is 0. The Morgan fingerprint density at radius 1 is 1.03 bits per heavy atom. The molecule has 0 radical (unpaired) electrons. The maximum Gasteiger partial charge on any atom is 0.255 e. The fourth-order valence-corrected chi connectivity index (χ4v) is 4.38. The van der Waals surface area contributed by atoms with E-state index in [1.165, 1.54) is 23.7 Å². The van der Waals surface area contributed by atoms with Gasteiger partial charge in [0.25, 0.3) is 5.91 Å². The number of carbonyl (C=O) groups excluding carboxylic acids is 2. The lowest BCUT2D eigenvalue weighted by Gasteiger charge is -2.21. The molecule has 3 aromatic rings. The maximum absolute atomic E-state index is 12.6. The number of amides is 2. The molecule has 0 saturated heterocycles. The highest BCUT2D eigenvalue weighted by Gasteiger charge is 2.23. The Hall–Kier alpha value is -3.10. The molecule has 0 spiro atoms. The molecule has 1 aliphatic rings. The normalized spacial score (nSPS) is 15.1. The van der Waals surface area contributed by atoms with Crippen molar-refractivity contribution >= 4 is 52.6 Å². The summed E-state index contributed by atoms with van der Waals surface area (Å²) in [5.74, 6) is -0.0717. The van der Waals surface area contributed by atoms with Gasteiger partial charge in [0.15, 0.2) is 0 Å². The summed E-state index contributed by atoms with van der Waals surface area (Å²) in [6, 6.07) is 19.6. The van der Waals surface area contributed by atoms with E-state index in [-0.39, 0.29) is 22.8 Å². The third-order valence-corrected chi connectivity index (χ3v) is 6.46. The Labute approximate surface area is 182 Å². The smallest absolute Gasteiger partial charge is 0.255 e. The second kappa shape index (κ2) is 8.73. The second-order valence-corrected chi connectivity index (χ2v) is 8.95. The summed E-state index contributed by atoms with van der Waals surface area (Å²) in [7, 11) is 0. The van der Waals surface area contributed by atoms with Crippen LogP contribution < -0.4 is 15.4 Å². The predicted molar refractivity (Wildman–Crippen MR) is 122 cm³/mol. The number of aromatic hydroxyl groups is 1. The van der Waals surface area contributed by atoms with Gasteiger partial charge >= 0.3 is 0 Å². The Bertz CT molecular complexity index is 1090. The number of nitrogens with one attached hydrogen (secondary N) is 3. The third-order valence-electron chi connectivity index (χ3n) is 4.44. The number of anilines is 3. The van der Waals surface area contributed by atoms with Crippen LogP contribution >= 0.6 is 23.7 Å². The SMILES string of the molecule is CC1Sc2ccc(C(=O)Nc3ccc(SNc4ccc(O)cc4)cc3)cc2NC1=O. The van der Waals surface area contributed by atoms with E-state index >= 15 is 0 Å². The zero-order chi connectivity index (χ0) is 21.1. The van der Waals surface area contributed by atoms with Crippen LogP contribution in [0.25, 0.3) is 0 Å². The first kappa shape index (κ1) is 20.2. The number of hydrogen-bond acceptors (Lipinski definition) is 6. The minimum atomic E-state index is -0.238. The van der Waals surface area contributed by atoms with Crippen LogP contribution in [-0.4, -0.2) is 22.2 Å². The number of fused-ring (bicyclic) bond motifs is 1. The topological polar surface area (TPSA) is 90.5 Å². The van der Waals surface area contributed by atoms with Crippen molar-refractivity contribution in [3.63, 3.8) is 0 Å². The highest BCUT2D eigenvalue weighted by molar-refractivity contribution is 8.01. The first-order valence-electron chi connectivity index (χ1n) is 9.23. The van der Waals surface area contributed by atoms with Gasteiger partial charge < -0.3 is 20.5 Å². The van der Waals surface area contributed by atoms with Gasteiger partial charge in [-0.25, -0.2) is 0 Å². The molecule has 1 aliphatic heterocycles. The van der Waals surface area contributed by atoms with Crippen LogP contribution in [0.15, 0.2) is 76.5 Å². The van der Waals surface area contributed by atoms with Crippen LogP contribution in [0, 0.1) is 0 Å². The van der Waals surface area contributed by atoms with Gasteiger partial charge in [-0.3, -0.25) is 9.59 Å². The molecule has 1 unspecified atom stereocenters. The van der Waals surface area contributed by atoms with E-state index in [0.717, 1.165) is 15.5 Å². The summed E-state index contributed by atoms with van der Waals surface area (Å²) in [6.45, 7) is 1.85. The highest BCUT2D eigenvalue weighted by atomic mass is 32.2. The Morgan fingerprint density at radius 2 is 1.73 bits per heavy atom. The quantitative estimate of drug-likeness (QED) is 0.324. The van der Waals surface area contributed by atoms with Crippen LogP contribution in [0.3, 0.4) is 0 Å². The molecule has 6 nitrogen and oxygen atoms in total. The molecular weight excluding hydrogens is 418 g/mol. The molecule has 0 saturated carbocycles. The van der Waals surface area contributed by atoms with Crippen molar-refractivity contribution in [2.45, 2.75) is 22.0 Å². The zero-order valence-electron chi connectivity index (χ0n) is 16.0. The van der Waals surface area contributed by atoms with Gasteiger partial charge in [-0.2, -0.15) is 0 Å². The molecule has 1 atom stereocenters.